The van der Waals surface area contributed by atoms with E-state index in [1.807, 2.05) is 17.7 Å². The standard InChI is InChI=1S/C14H16OS3/c1-4-15-14-9(2)5-11(6-10(14)3)12-7-13(16)18-17-8-12/h5-7H,4,8H2,1-3H3. The van der Waals surface area contributed by atoms with Gasteiger partial charge in [0.15, 0.2) is 0 Å². The van der Waals surface area contributed by atoms with Crippen molar-refractivity contribution in [1.29, 1.82) is 0 Å². The van der Waals surface area contributed by atoms with Crippen molar-refractivity contribution in [3.63, 3.8) is 0 Å². The van der Waals surface area contributed by atoms with Crippen LogP contribution in [0.25, 0.3) is 5.57 Å². The molecule has 0 unspecified atom stereocenters. The van der Waals surface area contributed by atoms with Gasteiger partial charge in [0, 0.05) is 5.75 Å². The third-order valence-electron chi connectivity index (χ3n) is 2.77. The molecule has 0 aliphatic carbocycles. The van der Waals surface area contributed by atoms with E-state index in [9.17, 15) is 0 Å². The second-order valence-electron chi connectivity index (χ2n) is 4.21. The summed E-state index contributed by atoms with van der Waals surface area (Å²) in [6, 6.07) is 4.39. The smallest absolute Gasteiger partial charge is 0.125 e. The summed E-state index contributed by atoms with van der Waals surface area (Å²) < 4.78 is 6.64. The first kappa shape index (κ1) is 14.0. The molecule has 0 amide bonds. The van der Waals surface area contributed by atoms with E-state index in [0.29, 0.717) is 6.61 Å². The first-order valence-electron chi connectivity index (χ1n) is 5.90. The number of ether oxygens (including phenoxy) is 1. The molecule has 4 heteroatoms. The normalized spacial score (nSPS) is 15.5. The molecule has 0 N–H and O–H groups in total. The monoisotopic (exact) mass is 296 g/mol. The predicted molar refractivity (Wildman–Crippen MR) is 87.7 cm³/mol. The van der Waals surface area contributed by atoms with Gasteiger partial charge in [0.25, 0.3) is 0 Å². The van der Waals surface area contributed by atoms with E-state index in [1.165, 1.54) is 22.3 Å². The lowest BCUT2D eigenvalue weighted by atomic mass is 10.0. The Labute approximate surface area is 122 Å². The van der Waals surface area contributed by atoms with Crippen LogP contribution in [0.1, 0.15) is 23.6 Å². The van der Waals surface area contributed by atoms with Gasteiger partial charge in [-0.15, -0.1) is 0 Å². The highest BCUT2D eigenvalue weighted by atomic mass is 33.1. The zero-order chi connectivity index (χ0) is 13.1. The van der Waals surface area contributed by atoms with Gasteiger partial charge in [0.1, 0.15) is 5.75 Å². The summed E-state index contributed by atoms with van der Waals surface area (Å²) in [5.41, 5.74) is 4.98. The molecule has 1 nitrogen and oxygen atoms in total. The van der Waals surface area contributed by atoms with E-state index in [4.69, 9.17) is 17.0 Å². The van der Waals surface area contributed by atoms with E-state index in [-0.39, 0.29) is 0 Å². The Kier molecular flexibility index (Phi) is 4.76. The van der Waals surface area contributed by atoms with Gasteiger partial charge in [-0.05, 0) is 72.0 Å². The van der Waals surface area contributed by atoms with E-state index in [2.05, 4.69) is 32.1 Å². The molecule has 0 saturated carbocycles. The summed E-state index contributed by atoms with van der Waals surface area (Å²) in [6.07, 6.45) is 2.12. The minimum atomic E-state index is 0.709. The first-order valence-corrected chi connectivity index (χ1v) is 8.63. The summed E-state index contributed by atoms with van der Waals surface area (Å²) in [5.74, 6) is 2.03. The topological polar surface area (TPSA) is 9.23 Å². The fourth-order valence-corrected chi connectivity index (χ4v) is 4.40. The Morgan fingerprint density at radius 3 is 2.50 bits per heavy atom. The number of hydrogen-bond acceptors (Lipinski definition) is 4. The minimum absolute atomic E-state index is 0.709. The van der Waals surface area contributed by atoms with Crippen LogP contribution < -0.4 is 4.74 Å². The molecule has 18 heavy (non-hydrogen) atoms. The summed E-state index contributed by atoms with van der Waals surface area (Å²) >= 11 is 5.26. The highest BCUT2D eigenvalue weighted by Crippen LogP contribution is 2.37. The Morgan fingerprint density at radius 2 is 1.94 bits per heavy atom. The number of benzene rings is 1. The molecule has 0 radical (unpaired) electrons. The van der Waals surface area contributed by atoms with Crippen molar-refractivity contribution in [2.75, 3.05) is 12.4 Å². The van der Waals surface area contributed by atoms with Crippen molar-refractivity contribution in [3.05, 3.63) is 34.9 Å². The second kappa shape index (κ2) is 6.13. The summed E-state index contributed by atoms with van der Waals surface area (Å²) in [6.45, 7) is 6.93. The fourth-order valence-electron chi connectivity index (χ4n) is 2.03. The summed E-state index contributed by atoms with van der Waals surface area (Å²) in [5, 5.41) is 0. The summed E-state index contributed by atoms with van der Waals surface area (Å²) in [7, 11) is 3.49. The van der Waals surface area contributed by atoms with Crippen molar-refractivity contribution in [2.45, 2.75) is 20.8 Å². The van der Waals surface area contributed by atoms with Gasteiger partial charge in [-0.2, -0.15) is 0 Å². The molecule has 2 rings (SSSR count). The maximum absolute atomic E-state index is 5.68. The Morgan fingerprint density at radius 1 is 1.28 bits per heavy atom. The van der Waals surface area contributed by atoms with Gasteiger partial charge in [-0.25, -0.2) is 0 Å². The van der Waals surface area contributed by atoms with E-state index in [0.717, 1.165) is 15.7 Å². The van der Waals surface area contributed by atoms with Crippen molar-refractivity contribution in [1.82, 2.24) is 0 Å². The van der Waals surface area contributed by atoms with Gasteiger partial charge in [0.05, 0.1) is 10.8 Å². The van der Waals surface area contributed by atoms with Crippen LogP contribution in [0, 0.1) is 13.8 Å². The van der Waals surface area contributed by atoms with Crippen LogP contribution in [0.2, 0.25) is 0 Å². The third-order valence-corrected chi connectivity index (χ3v) is 5.53. The van der Waals surface area contributed by atoms with Crippen molar-refractivity contribution >= 4 is 43.6 Å². The lowest BCUT2D eigenvalue weighted by Gasteiger charge is -2.16. The van der Waals surface area contributed by atoms with E-state index < -0.39 is 0 Å². The quantitative estimate of drug-likeness (QED) is 0.584. The number of rotatable bonds is 3. The lowest BCUT2D eigenvalue weighted by molar-refractivity contribution is 0.335. The predicted octanol–water partition coefficient (Wildman–Crippen LogP) is 4.81. The molecule has 0 fully saturated rings. The number of hydrogen-bond donors (Lipinski definition) is 0. The maximum atomic E-state index is 5.68. The Balaban J connectivity index is 2.38. The molecule has 1 aliphatic rings. The fraction of sp³-hybridized carbons (Fsp3) is 0.357. The Bertz CT molecular complexity index is 483. The molecule has 1 aromatic rings. The highest BCUT2D eigenvalue weighted by Gasteiger charge is 2.13. The molecule has 0 saturated heterocycles. The summed E-state index contributed by atoms with van der Waals surface area (Å²) in [4.78, 5) is 0. The first-order chi connectivity index (χ1) is 8.61. The average Bonchev–Trinajstić information content (AvgIpc) is 2.33. The van der Waals surface area contributed by atoms with Crippen LogP contribution in [0.5, 0.6) is 5.75 Å². The van der Waals surface area contributed by atoms with Crippen LogP contribution in [0.4, 0.5) is 0 Å². The van der Waals surface area contributed by atoms with Crippen molar-refractivity contribution in [3.8, 4) is 5.75 Å². The van der Waals surface area contributed by atoms with E-state index >= 15 is 0 Å². The number of thiocarbonyl (C=S) groups is 1. The zero-order valence-electron chi connectivity index (χ0n) is 10.8. The molecule has 0 aromatic heterocycles. The number of aryl methyl sites for hydroxylation is 2. The van der Waals surface area contributed by atoms with Crippen molar-refractivity contribution in [2.24, 2.45) is 0 Å². The second-order valence-corrected chi connectivity index (χ2v) is 7.24. The van der Waals surface area contributed by atoms with Crippen LogP contribution in [0.3, 0.4) is 0 Å². The largest absolute Gasteiger partial charge is 0.493 e. The van der Waals surface area contributed by atoms with Crippen LogP contribution >= 0.6 is 33.8 Å². The van der Waals surface area contributed by atoms with Gasteiger partial charge in [0.2, 0.25) is 0 Å². The molecule has 1 aliphatic heterocycles. The van der Waals surface area contributed by atoms with Crippen LogP contribution in [0.15, 0.2) is 18.2 Å². The SMILES string of the molecule is CCOc1c(C)cc(C2=CC(=S)SSC2)cc1C. The van der Waals surface area contributed by atoms with Gasteiger partial charge >= 0.3 is 0 Å². The maximum Gasteiger partial charge on any atom is 0.125 e. The molecule has 1 heterocycles. The van der Waals surface area contributed by atoms with Gasteiger partial charge in [-0.1, -0.05) is 23.0 Å². The van der Waals surface area contributed by atoms with E-state index in [1.54, 1.807) is 10.8 Å². The average molecular weight is 296 g/mol. The molecule has 1 aromatic carbocycles. The lowest BCUT2D eigenvalue weighted by Crippen LogP contribution is -2.01. The van der Waals surface area contributed by atoms with Crippen molar-refractivity contribution < 1.29 is 4.74 Å². The van der Waals surface area contributed by atoms with Gasteiger partial charge in [-0.3, -0.25) is 0 Å². The molecule has 0 atom stereocenters. The molecule has 96 valence electrons. The molecule has 0 bridgehead atoms. The molecule has 0 spiro atoms. The van der Waals surface area contributed by atoms with Crippen LogP contribution in [-0.4, -0.2) is 16.6 Å². The zero-order valence-corrected chi connectivity index (χ0v) is 13.2. The Hall–Kier alpha value is -0.450. The molecular weight excluding hydrogens is 280 g/mol. The third kappa shape index (κ3) is 3.11. The minimum Gasteiger partial charge on any atom is -0.493 e. The highest BCUT2D eigenvalue weighted by molar-refractivity contribution is 8.84. The van der Waals surface area contributed by atoms with Gasteiger partial charge < -0.3 is 4.74 Å². The molecular formula is C14H16OS3. The van der Waals surface area contributed by atoms with Crippen LogP contribution in [-0.2, 0) is 0 Å².